The standard InChI is InChI=1S/C15H19N5O3/c1-11-18-14(19-23-11)4-9-22-12-2-7-20(8-3-12)15(21)13-10-16-5-6-17-13/h5-6,10,12H,2-4,7-9H2,1H3. The number of hydrogen-bond donors (Lipinski definition) is 0. The lowest BCUT2D eigenvalue weighted by atomic mass is 10.1. The van der Waals surface area contributed by atoms with E-state index in [0.29, 0.717) is 43.5 Å². The second-order valence-corrected chi connectivity index (χ2v) is 5.43. The monoisotopic (exact) mass is 317 g/mol. The zero-order valence-electron chi connectivity index (χ0n) is 13.0. The number of aryl methyl sites for hydroxylation is 1. The van der Waals surface area contributed by atoms with Gasteiger partial charge in [-0.25, -0.2) is 4.98 Å². The van der Waals surface area contributed by atoms with Crippen LogP contribution in [0.1, 0.15) is 35.0 Å². The van der Waals surface area contributed by atoms with Gasteiger partial charge < -0.3 is 14.2 Å². The van der Waals surface area contributed by atoms with Gasteiger partial charge in [0, 0.05) is 38.8 Å². The predicted molar refractivity (Wildman–Crippen MR) is 79.6 cm³/mol. The first kappa shape index (κ1) is 15.5. The molecule has 3 rings (SSSR count). The fourth-order valence-electron chi connectivity index (χ4n) is 2.56. The number of hydrogen-bond acceptors (Lipinski definition) is 7. The summed E-state index contributed by atoms with van der Waals surface area (Å²) in [6.07, 6.45) is 7.02. The summed E-state index contributed by atoms with van der Waals surface area (Å²) in [4.78, 5) is 26.2. The Bertz CT molecular complexity index is 638. The molecule has 0 N–H and O–H groups in total. The summed E-state index contributed by atoms with van der Waals surface area (Å²) in [5, 5.41) is 3.84. The number of likely N-dealkylation sites (tertiary alicyclic amines) is 1. The van der Waals surface area contributed by atoms with E-state index in [4.69, 9.17) is 9.26 Å². The summed E-state index contributed by atoms with van der Waals surface area (Å²) in [7, 11) is 0. The second-order valence-electron chi connectivity index (χ2n) is 5.43. The smallest absolute Gasteiger partial charge is 0.274 e. The number of carbonyl (C=O) groups excluding carboxylic acids is 1. The quantitative estimate of drug-likeness (QED) is 0.813. The molecule has 122 valence electrons. The molecular formula is C15H19N5O3. The van der Waals surface area contributed by atoms with Crippen LogP contribution in [0.5, 0.6) is 0 Å². The predicted octanol–water partition coefficient (Wildman–Crippen LogP) is 1.03. The number of nitrogens with zero attached hydrogens (tertiary/aromatic N) is 5. The lowest BCUT2D eigenvalue weighted by Crippen LogP contribution is -2.41. The molecule has 0 atom stereocenters. The lowest BCUT2D eigenvalue weighted by molar-refractivity contribution is 0.00930. The number of ether oxygens (including phenoxy) is 1. The Kier molecular flexibility index (Phi) is 4.92. The van der Waals surface area contributed by atoms with Crippen LogP contribution in [0.15, 0.2) is 23.1 Å². The molecule has 23 heavy (non-hydrogen) atoms. The molecule has 3 heterocycles. The van der Waals surface area contributed by atoms with Crippen LogP contribution in [-0.4, -0.2) is 56.7 Å². The van der Waals surface area contributed by atoms with E-state index in [1.165, 1.54) is 12.4 Å². The van der Waals surface area contributed by atoms with E-state index < -0.39 is 0 Å². The molecule has 0 unspecified atom stereocenters. The van der Waals surface area contributed by atoms with E-state index >= 15 is 0 Å². The van der Waals surface area contributed by atoms with Crippen molar-refractivity contribution in [1.82, 2.24) is 25.0 Å². The Morgan fingerprint density at radius 3 is 2.87 bits per heavy atom. The summed E-state index contributed by atoms with van der Waals surface area (Å²) in [5.41, 5.74) is 0.388. The molecule has 0 saturated carbocycles. The average Bonchev–Trinajstić information content (AvgIpc) is 3.01. The Labute approximate surface area is 133 Å². The third-order valence-corrected chi connectivity index (χ3v) is 3.76. The average molecular weight is 317 g/mol. The van der Waals surface area contributed by atoms with Crippen molar-refractivity contribution >= 4 is 5.91 Å². The van der Waals surface area contributed by atoms with Crippen molar-refractivity contribution in [2.75, 3.05) is 19.7 Å². The maximum Gasteiger partial charge on any atom is 0.274 e. The van der Waals surface area contributed by atoms with E-state index in [1.807, 2.05) is 0 Å². The molecule has 8 heteroatoms. The molecule has 0 radical (unpaired) electrons. The summed E-state index contributed by atoms with van der Waals surface area (Å²) in [5.74, 6) is 1.16. The summed E-state index contributed by atoms with van der Waals surface area (Å²) in [6, 6.07) is 0. The summed E-state index contributed by atoms with van der Waals surface area (Å²) < 4.78 is 10.8. The van der Waals surface area contributed by atoms with E-state index in [0.717, 1.165) is 12.8 Å². The van der Waals surface area contributed by atoms with Crippen molar-refractivity contribution in [1.29, 1.82) is 0 Å². The van der Waals surface area contributed by atoms with Gasteiger partial charge in [-0.2, -0.15) is 4.98 Å². The largest absolute Gasteiger partial charge is 0.378 e. The van der Waals surface area contributed by atoms with Gasteiger partial charge in [-0.3, -0.25) is 9.78 Å². The van der Waals surface area contributed by atoms with Gasteiger partial charge >= 0.3 is 0 Å². The number of piperidine rings is 1. The molecular weight excluding hydrogens is 298 g/mol. The van der Waals surface area contributed by atoms with Crippen molar-refractivity contribution in [2.45, 2.75) is 32.3 Å². The first-order valence-corrected chi connectivity index (χ1v) is 7.68. The molecule has 1 aliphatic rings. The van der Waals surface area contributed by atoms with Crippen LogP contribution in [0.3, 0.4) is 0 Å². The normalized spacial score (nSPS) is 15.8. The van der Waals surface area contributed by atoms with Crippen LogP contribution in [0, 0.1) is 6.92 Å². The summed E-state index contributed by atoms with van der Waals surface area (Å²) >= 11 is 0. The van der Waals surface area contributed by atoms with Crippen LogP contribution in [0.25, 0.3) is 0 Å². The highest BCUT2D eigenvalue weighted by Crippen LogP contribution is 2.15. The molecule has 0 aromatic carbocycles. The van der Waals surface area contributed by atoms with E-state index in [-0.39, 0.29) is 12.0 Å². The number of amides is 1. The third kappa shape index (κ3) is 4.10. The minimum absolute atomic E-state index is 0.0705. The van der Waals surface area contributed by atoms with Gasteiger partial charge in [-0.15, -0.1) is 0 Å². The first-order valence-electron chi connectivity index (χ1n) is 7.68. The minimum Gasteiger partial charge on any atom is -0.378 e. The van der Waals surface area contributed by atoms with Gasteiger partial charge in [-0.05, 0) is 12.8 Å². The number of aromatic nitrogens is 4. The molecule has 1 saturated heterocycles. The van der Waals surface area contributed by atoms with Gasteiger partial charge in [0.1, 0.15) is 5.69 Å². The van der Waals surface area contributed by atoms with Gasteiger partial charge in [0.2, 0.25) is 5.89 Å². The van der Waals surface area contributed by atoms with Gasteiger partial charge in [0.25, 0.3) is 5.91 Å². The fraction of sp³-hybridized carbons (Fsp3) is 0.533. The highest BCUT2D eigenvalue weighted by atomic mass is 16.5. The third-order valence-electron chi connectivity index (χ3n) is 3.76. The zero-order chi connectivity index (χ0) is 16.1. The zero-order valence-corrected chi connectivity index (χ0v) is 13.0. The van der Waals surface area contributed by atoms with Crippen LogP contribution in [0.4, 0.5) is 0 Å². The molecule has 0 aliphatic carbocycles. The highest BCUT2D eigenvalue weighted by Gasteiger charge is 2.24. The Balaban J connectivity index is 1.41. The maximum absolute atomic E-state index is 12.3. The minimum atomic E-state index is -0.0705. The molecule has 2 aromatic rings. The lowest BCUT2D eigenvalue weighted by Gasteiger charge is -2.31. The molecule has 8 nitrogen and oxygen atoms in total. The SMILES string of the molecule is Cc1nc(CCOC2CCN(C(=O)c3cnccn3)CC2)no1. The van der Waals surface area contributed by atoms with Gasteiger partial charge in [0.05, 0.1) is 18.9 Å². The summed E-state index contributed by atoms with van der Waals surface area (Å²) in [6.45, 7) is 3.66. The van der Waals surface area contributed by atoms with Crippen LogP contribution in [0.2, 0.25) is 0 Å². The fourth-order valence-corrected chi connectivity index (χ4v) is 2.56. The second kappa shape index (κ2) is 7.28. The molecule has 1 amide bonds. The highest BCUT2D eigenvalue weighted by molar-refractivity contribution is 5.92. The van der Waals surface area contributed by atoms with Crippen LogP contribution >= 0.6 is 0 Å². The van der Waals surface area contributed by atoms with Crippen LogP contribution in [-0.2, 0) is 11.2 Å². The molecule has 2 aromatic heterocycles. The van der Waals surface area contributed by atoms with Crippen molar-refractivity contribution in [3.8, 4) is 0 Å². The first-order chi connectivity index (χ1) is 11.2. The Morgan fingerprint density at radius 2 is 2.22 bits per heavy atom. The molecule has 0 bridgehead atoms. The van der Waals surface area contributed by atoms with Gasteiger partial charge in [0.15, 0.2) is 5.82 Å². The van der Waals surface area contributed by atoms with Crippen molar-refractivity contribution in [3.05, 3.63) is 36.0 Å². The van der Waals surface area contributed by atoms with E-state index in [2.05, 4.69) is 20.1 Å². The van der Waals surface area contributed by atoms with Crippen molar-refractivity contribution < 1.29 is 14.1 Å². The van der Waals surface area contributed by atoms with Crippen LogP contribution < -0.4 is 0 Å². The maximum atomic E-state index is 12.3. The molecule has 0 spiro atoms. The van der Waals surface area contributed by atoms with Gasteiger partial charge in [-0.1, -0.05) is 5.16 Å². The Hall–Kier alpha value is -2.35. The van der Waals surface area contributed by atoms with E-state index in [9.17, 15) is 4.79 Å². The number of rotatable bonds is 5. The molecule has 1 fully saturated rings. The Morgan fingerprint density at radius 1 is 1.39 bits per heavy atom. The molecule has 1 aliphatic heterocycles. The topological polar surface area (TPSA) is 94.2 Å². The van der Waals surface area contributed by atoms with Crippen molar-refractivity contribution in [2.24, 2.45) is 0 Å². The number of carbonyl (C=O) groups is 1. The van der Waals surface area contributed by atoms with Crippen molar-refractivity contribution in [3.63, 3.8) is 0 Å². The van der Waals surface area contributed by atoms with E-state index in [1.54, 1.807) is 18.0 Å².